The molecular formula is C11H7FN4O2. The fraction of sp³-hybridized carbons (Fsp3) is 0.0909. The van der Waals surface area contributed by atoms with E-state index in [-0.39, 0.29) is 18.3 Å². The van der Waals surface area contributed by atoms with Gasteiger partial charge in [0, 0.05) is 5.56 Å². The zero-order valence-electron chi connectivity index (χ0n) is 9.05. The van der Waals surface area contributed by atoms with Crippen molar-refractivity contribution >= 4 is 17.3 Å². The average Bonchev–Trinajstić information content (AvgIpc) is 2.81. The molecule has 0 bridgehead atoms. The zero-order chi connectivity index (χ0) is 12.5. The van der Waals surface area contributed by atoms with Gasteiger partial charge in [0.1, 0.15) is 18.1 Å². The van der Waals surface area contributed by atoms with Crippen LogP contribution in [0, 0.1) is 5.82 Å². The van der Waals surface area contributed by atoms with Crippen LogP contribution in [0.2, 0.25) is 0 Å². The summed E-state index contributed by atoms with van der Waals surface area (Å²) in [7, 11) is 0. The highest BCUT2D eigenvalue weighted by molar-refractivity contribution is 6.17. The maximum atomic E-state index is 13.3. The van der Waals surface area contributed by atoms with Crippen molar-refractivity contribution < 1.29 is 13.6 Å². The SMILES string of the molecule is O=C1CN=C(c2nnco2)c2cc(F)ccc2N1. The molecule has 1 aliphatic rings. The van der Waals surface area contributed by atoms with Crippen LogP contribution in [0.15, 0.2) is 34.0 Å². The molecule has 0 radical (unpaired) electrons. The molecule has 18 heavy (non-hydrogen) atoms. The summed E-state index contributed by atoms with van der Waals surface area (Å²) >= 11 is 0. The molecule has 0 aliphatic carbocycles. The molecule has 1 aromatic heterocycles. The number of nitrogens with one attached hydrogen (secondary N) is 1. The van der Waals surface area contributed by atoms with Crippen LogP contribution >= 0.6 is 0 Å². The third-order valence-electron chi connectivity index (χ3n) is 2.45. The minimum Gasteiger partial charge on any atom is -0.422 e. The number of benzene rings is 1. The number of benzodiazepines with no additional fused rings is 1. The van der Waals surface area contributed by atoms with E-state index in [4.69, 9.17) is 4.42 Å². The number of carbonyl (C=O) groups excluding carboxylic acids is 1. The fourth-order valence-corrected chi connectivity index (χ4v) is 1.71. The summed E-state index contributed by atoms with van der Waals surface area (Å²) in [6.07, 6.45) is 1.15. The third kappa shape index (κ3) is 1.75. The molecule has 0 spiro atoms. The van der Waals surface area contributed by atoms with E-state index in [1.54, 1.807) is 0 Å². The van der Waals surface area contributed by atoms with Crippen LogP contribution in [0.4, 0.5) is 10.1 Å². The monoisotopic (exact) mass is 246 g/mol. The first kappa shape index (κ1) is 10.6. The number of anilines is 1. The number of rotatable bonds is 1. The van der Waals surface area contributed by atoms with Gasteiger partial charge in [0.05, 0.1) is 5.69 Å². The molecule has 0 unspecified atom stereocenters. The molecule has 0 saturated carbocycles. The van der Waals surface area contributed by atoms with Gasteiger partial charge in [-0.2, -0.15) is 0 Å². The molecule has 3 rings (SSSR count). The van der Waals surface area contributed by atoms with Crippen molar-refractivity contribution in [2.75, 3.05) is 11.9 Å². The van der Waals surface area contributed by atoms with Gasteiger partial charge in [0.25, 0.3) is 5.89 Å². The summed E-state index contributed by atoms with van der Waals surface area (Å²) < 4.78 is 18.4. The van der Waals surface area contributed by atoms with Crippen LogP contribution in [0.25, 0.3) is 0 Å². The lowest BCUT2D eigenvalue weighted by Crippen LogP contribution is -2.13. The van der Waals surface area contributed by atoms with Crippen molar-refractivity contribution in [3.05, 3.63) is 41.9 Å². The Morgan fingerprint density at radius 1 is 1.39 bits per heavy atom. The highest BCUT2D eigenvalue weighted by Gasteiger charge is 2.21. The highest BCUT2D eigenvalue weighted by atomic mass is 19.1. The van der Waals surface area contributed by atoms with Gasteiger partial charge in [-0.05, 0) is 18.2 Å². The lowest BCUT2D eigenvalue weighted by atomic mass is 10.1. The Labute approximate surface area is 101 Å². The number of hydrogen-bond acceptors (Lipinski definition) is 5. The Bertz CT molecular complexity index is 636. The van der Waals surface area contributed by atoms with Gasteiger partial charge in [-0.3, -0.25) is 9.79 Å². The van der Waals surface area contributed by atoms with Gasteiger partial charge in [-0.1, -0.05) is 0 Å². The van der Waals surface area contributed by atoms with Gasteiger partial charge < -0.3 is 9.73 Å². The highest BCUT2D eigenvalue weighted by Crippen LogP contribution is 2.22. The normalized spacial score (nSPS) is 14.5. The number of aliphatic imine (C=N–C) groups is 1. The molecule has 1 aliphatic heterocycles. The Kier molecular flexibility index (Phi) is 2.36. The summed E-state index contributed by atoms with van der Waals surface area (Å²) in [4.78, 5) is 15.5. The van der Waals surface area contributed by atoms with Crippen molar-refractivity contribution in [3.63, 3.8) is 0 Å². The van der Waals surface area contributed by atoms with Crippen molar-refractivity contribution in [3.8, 4) is 0 Å². The van der Waals surface area contributed by atoms with Crippen LogP contribution < -0.4 is 5.32 Å². The molecule has 6 nitrogen and oxygen atoms in total. The minimum absolute atomic E-state index is 0.0754. The molecule has 0 saturated heterocycles. The van der Waals surface area contributed by atoms with Gasteiger partial charge in [0.15, 0.2) is 0 Å². The van der Waals surface area contributed by atoms with Crippen LogP contribution in [-0.2, 0) is 4.79 Å². The van der Waals surface area contributed by atoms with Crippen LogP contribution in [0.3, 0.4) is 0 Å². The molecule has 2 heterocycles. The Balaban J connectivity index is 2.20. The van der Waals surface area contributed by atoms with E-state index in [1.165, 1.54) is 18.2 Å². The van der Waals surface area contributed by atoms with E-state index in [1.807, 2.05) is 0 Å². The smallest absolute Gasteiger partial charge is 0.266 e. The summed E-state index contributed by atoms with van der Waals surface area (Å²) in [6.45, 7) is -0.0754. The van der Waals surface area contributed by atoms with E-state index in [0.717, 1.165) is 6.39 Å². The van der Waals surface area contributed by atoms with E-state index in [0.29, 0.717) is 17.0 Å². The first-order valence-electron chi connectivity index (χ1n) is 5.15. The van der Waals surface area contributed by atoms with Crippen molar-refractivity contribution in [1.29, 1.82) is 0 Å². The second-order valence-electron chi connectivity index (χ2n) is 3.65. The quantitative estimate of drug-likeness (QED) is 0.813. The number of nitrogens with zero attached hydrogens (tertiary/aromatic N) is 3. The van der Waals surface area contributed by atoms with Crippen molar-refractivity contribution in [2.45, 2.75) is 0 Å². The van der Waals surface area contributed by atoms with Crippen LogP contribution in [0.5, 0.6) is 0 Å². The molecule has 1 aromatic carbocycles. The Morgan fingerprint density at radius 3 is 3.06 bits per heavy atom. The standard InChI is InChI=1S/C11H7FN4O2/c12-6-1-2-8-7(3-6)10(11-16-14-5-18-11)13-4-9(17)15-8/h1-3,5H,4H2,(H,15,17). The second-order valence-corrected chi connectivity index (χ2v) is 3.65. The second kappa shape index (κ2) is 4.02. The summed E-state index contributed by atoms with van der Waals surface area (Å²) in [5, 5.41) is 9.90. The molecule has 0 atom stereocenters. The number of halogens is 1. The molecule has 7 heteroatoms. The fourth-order valence-electron chi connectivity index (χ4n) is 1.71. The van der Waals surface area contributed by atoms with Gasteiger partial charge in [-0.25, -0.2) is 4.39 Å². The van der Waals surface area contributed by atoms with Crippen molar-refractivity contribution in [1.82, 2.24) is 10.2 Å². The maximum Gasteiger partial charge on any atom is 0.266 e. The number of amides is 1. The van der Waals surface area contributed by atoms with E-state index in [9.17, 15) is 9.18 Å². The maximum absolute atomic E-state index is 13.3. The topological polar surface area (TPSA) is 80.4 Å². The van der Waals surface area contributed by atoms with Crippen LogP contribution in [0.1, 0.15) is 11.5 Å². The van der Waals surface area contributed by atoms with E-state index in [2.05, 4.69) is 20.5 Å². The first-order valence-corrected chi connectivity index (χ1v) is 5.15. The first-order chi connectivity index (χ1) is 8.74. The average molecular weight is 246 g/mol. The number of hydrogen-bond donors (Lipinski definition) is 1. The lowest BCUT2D eigenvalue weighted by Gasteiger charge is -2.06. The minimum atomic E-state index is -0.433. The Morgan fingerprint density at radius 2 is 2.28 bits per heavy atom. The molecule has 90 valence electrons. The molecule has 1 amide bonds. The number of fused-ring (bicyclic) bond motifs is 1. The van der Waals surface area contributed by atoms with E-state index >= 15 is 0 Å². The largest absolute Gasteiger partial charge is 0.422 e. The summed E-state index contributed by atoms with van der Waals surface area (Å²) in [6, 6.07) is 4.00. The Hall–Kier alpha value is -2.57. The van der Waals surface area contributed by atoms with E-state index < -0.39 is 5.82 Å². The zero-order valence-corrected chi connectivity index (χ0v) is 9.05. The van der Waals surface area contributed by atoms with Crippen LogP contribution in [-0.4, -0.2) is 28.4 Å². The van der Waals surface area contributed by atoms with Gasteiger partial charge >= 0.3 is 0 Å². The third-order valence-corrected chi connectivity index (χ3v) is 2.45. The number of aromatic nitrogens is 2. The summed E-state index contributed by atoms with van der Waals surface area (Å²) in [5.41, 5.74) is 1.20. The predicted octanol–water partition coefficient (Wildman–Crippen LogP) is 0.998. The van der Waals surface area contributed by atoms with Gasteiger partial charge in [-0.15, -0.1) is 10.2 Å². The lowest BCUT2D eigenvalue weighted by molar-refractivity contribution is -0.114. The van der Waals surface area contributed by atoms with Gasteiger partial charge in [0.2, 0.25) is 12.3 Å². The number of carbonyl (C=O) groups is 1. The molecule has 1 N–H and O–H groups in total. The predicted molar refractivity (Wildman–Crippen MR) is 59.8 cm³/mol. The summed E-state index contributed by atoms with van der Waals surface area (Å²) in [5.74, 6) is -0.562. The molecule has 0 fully saturated rings. The molecule has 2 aromatic rings. The molecular weight excluding hydrogens is 239 g/mol. The van der Waals surface area contributed by atoms with Crippen molar-refractivity contribution in [2.24, 2.45) is 4.99 Å².